The van der Waals surface area contributed by atoms with Crippen molar-refractivity contribution in [2.24, 2.45) is 0 Å². The number of hydrogen-bond donors (Lipinski definition) is 2. The molecule has 2 aromatic rings. The predicted molar refractivity (Wildman–Crippen MR) is 85.4 cm³/mol. The highest BCUT2D eigenvalue weighted by molar-refractivity contribution is 7.09. The van der Waals surface area contributed by atoms with Crippen LogP contribution in [0, 0.1) is 5.82 Å². The summed E-state index contributed by atoms with van der Waals surface area (Å²) in [5.41, 5.74) is 0.713. The molecule has 1 aromatic heterocycles. The highest BCUT2D eigenvalue weighted by Crippen LogP contribution is 2.04. The quantitative estimate of drug-likeness (QED) is 0.908. The molecule has 2 N–H and O–H groups in total. The molecule has 0 atom stereocenters. The SMILES string of the molecule is CC.CNCc1ccccc1F.CNCc1nccs1. The first-order valence-electron chi connectivity index (χ1n) is 6.69. The maximum absolute atomic E-state index is 12.7. The Morgan fingerprint density at radius 2 is 1.75 bits per heavy atom. The van der Waals surface area contributed by atoms with Gasteiger partial charge in [0, 0.05) is 30.2 Å². The number of nitrogens with one attached hydrogen (secondary N) is 2. The molecule has 20 heavy (non-hydrogen) atoms. The van der Waals surface area contributed by atoms with Gasteiger partial charge in [-0.1, -0.05) is 32.0 Å². The van der Waals surface area contributed by atoms with Crippen molar-refractivity contribution in [2.45, 2.75) is 26.9 Å². The molecule has 0 spiro atoms. The molecular formula is C15H24FN3S. The number of thiazole rings is 1. The van der Waals surface area contributed by atoms with Crippen molar-refractivity contribution in [2.75, 3.05) is 14.1 Å². The molecule has 0 unspecified atom stereocenters. The fraction of sp³-hybridized carbons (Fsp3) is 0.400. The normalized spacial score (nSPS) is 9.05. The molecule has 0 saturated heterocycles. The molecule has 1 aromatic carbocycles. The first-order chi connectivity index (χ1) is 9.77. The fourth-order valence-electron chi connectivity index (χ4n) is 1.32. The van der Waals surface area contributed by atoms with Gasteiger partial charge in [-0.05, 0) is 20.2 Å². The van der Waals surface area contributed by atoms with Gasteiger partial charge in [0.1, 0.15) is 10.8 Å². The summed E-state index contributed by atoms with van der Waals surface area (Å²) in [6, 6.07) is 6.75. The highest BCUT2D eigenvalue weighted by Gasteiger charge is 1.96. The molecule has 2 rings (SSSR count). The van der Waals surface area contributed by atoms with Gasteiger partial charge < -0.3 is 10.6 Å². The molecule has 0 saturated carbocycles. The van der Waals surface area contributed by atoms with Crippen LogP contribution < -0.4 is 10.6 Å². The van der Waals surface area contributed by atoms with E-state index in [9.17, 15) is 4.39 Å². The van der Waals surface area contributed by atoms with Gasteiger partial charge in [-0.3, -0.25) is 0 Å². The molecule has 112 valence electrons. The molecule has 0 aliphatic carbocycles. The van der Waals surface area contributed by atoms with Crippen molar-refractivity contribution in [3.05, 3.63) is 52.2 Å². The monoisotopic (exact) mass is 297 g/mol. The minimum absolute atomic E-state index is 0.142. The third kappa shape index (κ3) is 7.99. The Morgan fingerprint density at radius 3 is 2.25 bits per heavy atom. The Bertz CT molecular complexity index is 432. The van der Waals surface area contributed by atoms with Gasteiger partial charge in [0.15, 0.2) is 0 Å². The number of aromatic nitrogens is 1. The van der Waals surface area contributed by atoms with Crippen molar-refractivity contribution >= 4 is 11.3 Å². The zero-order valence-electron chi connectivity index (χ0n) is 12.6. The molecule has 0 bridgehead atoms. The molecule has 1 heterocycles. The molecule has 3 nitrogen and oxygen atoms in total. The maximum atomic E-state index is 12.7. The van der Waals surface area contributed by atoms with Crippen molar-refractivity contribution in [3.63, 3.8) is 0 Å². The van der Waals surface area contributed by atoms with Crippen molar-refractivity contribution in [3.8, 4) is 0 Å². The molecule has 0 aliphatic heterocycles. The Morgan fingerprint density at radius 1 is 1.10 bits per heavy atom. The van der Waals surface area contributed by atoms with Crippen LogP contribution in [-0.4, -0.2) is 19.1 Å². The van der Waals surface area contributed by atoms with Crippen LogP contribution in [0.4, 0.5) is 4.39 Å². The number of nitrogens with zero attached hydrogens (tertiary/aromatic N) is 1. The van der Waals surface area contributed by atoms with E-state index in [-0.39, 0.29) is 5.82 Å². The van der Waals surface area contributed by atoms with Gasteiger partial charge in [0.2, 0.25) is 0 Å². The van der Waals surface area contributed by atoms with E-state index in [1.807, 2.05) is 38.5 Å². The minimum atomic E-state index is -0.142. The van der Waals surface area contributed by atoms with Crippen LogP contribution in [0.1, 0.15) is 24.4 Å². The second kappa shape index (κ2) is 12.7. The fourth-order valence-corrected chi connectivity index (χ4v) is 1.95. The summed E-state index contributed by atoms with van der Waals surface area (Å²) in [5, 5.41) is 9.03. The van der Waals surface area contributed by atoms with Crippen molar-refractivity contribution in [1.29, 1.82) is 0 Å². The van der Waals surface area contributed by atoms with Gasteiger partial charge >= 0.3 is 0 Å². The van der Waals surface area contributed by atoms with E-state index >= 15 is 0 Å². The van der Waals surface area contributed by atoms with Gasteiger partial charge in [-0.15, -0.1) is 11.3 Å². The van der Waals surface area contributed by atoms with Gasteiger partial charge in [-0.25, -0.2) is 9.37 Å². The average molecular weight is 297 g/mol. The number of rotatable bonds is 4. The van der Waals surface area contributed by atoms with Crippen LogP contribution in [0.2, 0.25) is 0 Å². The van der Waals surface area contributed by atoms with E-state index in [0.29, 0.717) is 12.1 Å². The summed E-state index contributed by atoms with van der Waals surface area (Å²) in [7, 11) is 3.72. The lowest BCUT2D eigenvalue weighted by Crippen LogP contribution is -2.06. The maximum Gasteiger partial charge on any atom is 0.127 e. The zero-order chi connectivity index (χ0) is 15.2. The summed E-state index contributed by atoms with van der Waals surface area (Å²) in [6.07, 6.45) is 1.82. The average Bonchev–Trinajstić information content (AvgIpc) is 2.98. The Kier molecular flexibility index (Phi) is 11.9. The van der Waals surface area contributed by atoms with Crippen LogP contribution in [0.5, 0.6) is 0 Å². The largest absolute Gasteiger partial charge is 0.316 e. The first kappa shape index (κ1) is 18.7. The minimum Gasteiger partial charge on any atom is -0.316 e. The second-order valence-electron chi connectivity index (χ2n) is 3.58. The lowest BCUT2D eigenvalue weighted by molar-refractivity contribution is 0.601. The zero-order valence-corrected chi connectivity index (χ0v) is 13.4. The number of halogens is 1. The summed E-state index contributed by atoms with van der Waals surface area (Å²) in [6.45, 7) is 5.48. The van der Waals surface area contributed by atoms with Crippen LogP contribution >= 0.6 is 11.3 Å². The Balaban J connectivity index is 0.000000327. The third-order valence-electron chi connectivity index (χ3n) is 2.14. The highest BCUT2D eigenvalue weighted by atomic mass is 32.1. The summed E-state index contributed by atoms with van der Waals surface area (Å²) in [4.78, 5) is 4.06. The smallest absolute Gasteiger partial charge is 0.127 e. The third-order valence-corrected chi connectivity index (χ3v) is 2.92. The summed E-state index contributed by atoms with van der Waals surface area (Å²) >= 11 is 1.67. The van der Waals surface area contributed by atoms with E-state index in [4.69, 9.17) is 0 Å². The topological polar surface area (TPSA) is 37.0 Å². The molecule has 5 heteroatoms. The van der Waals surface area contributed by atoms with E-state index in [1.54, 1.807) is 30.5 Å². The van der Waals surface area contributed by atoms with Gasteiger partial charge in [0.25, 0.3) is 0 Å². The number of hydrogen-bond acceptors (Lipinski definition) is 4. The molecule has 0 radical (unpaired) electrons. The van der Waals surface area contributed by atoms with Gasteiger partial charge in [0.05, 0.1) is 0 Å². The second-order valence-corrected chi connectivity index (χ2v) is 4.56. The van der Waals surface area contributed by atoms with Crippen LogP contribution in [0.15, 0.2) is 35.8 Å². The molecular weight excluding hydrogens is 273 g/mol. The van der Waals surface area contributed by atoms with Crippen molar-refractivity contribution in [1.82, 2.24) is 15.6 Å². The summed E-state index contributed by atoms with van der Waals surface area (Å²) < 4.78 is 12.7. The first-order valence-corrected chi connectivity index (χ1v) is 7.57. The lowest BCUT2D eigenvalue weighted by Gasteiger charge is -1.99. The number of benzene rings is 1. The van der Waals surface area contributed by atoms with E-state index in [2.05, 4.69) is 15.6 Å². The van der Waals surface area contributed by atoms with E-state index < -0.39 is 0 Å². The van der Waals surface area contributed by atoms with E-state index in [1.165, 1.54) is 6.07 Å². The lowest BCUT2D eigenvalue weighted by atomic mass is 10.2. The Hall–Kier alpha value is -1.30. The van der Waals surface area contributed by atoms with Crippen LogP contribution in [0.25, 0.3) is 0 Å². The van der Waals surface area contributed by atoms with Crippen molar-refractivity contribution < 1.29 is 4.39 Å². The molecule has 0 aliphatic rings. The molecule has 0 fully saturated rings. The van der Waals surface area contributed by atoms with Gasteiger partial charge in [-0.2, -0.15) is 0 Å². The van der Waals surface area contributed by atoms with E-state index in [0.717, 1.165) is 11.6 Å². The Labute approximate surface area is 125 Å². The predicted octanol–water partition coefficient (Wildman–Crippen LogP) is 3.43. The van der Waals surface area contributed by atoms with Crippen LogP contribution in [-0.2, 0) is 13.1 Å². The van der Waals surface area contributed by atoms with Crippen LogP contribution in [0.3, 0.4) is 0 Å². The standard InChI is InChI=1S/C8H10FN.C5H8N2S.C2H6/c1-10-6-7-4-2-3-5-8(7)9;1-6-4-5-7-2-3-8-5;1-2/h2-5,10H,6H2,1H3;2-3,6H,4H2,1H3;1-2H3. The molecule has 0 amide bonds. The summed E-state index contributed by atoms with van der Waals surface area (Å²) in [5.74, 6) is -0.142.